The van der Waals surface area contributed by atoms with Crippen molar-refractivity contribution in [3.05, 3.63) is 0 Å². The molecule has 1 aliphatic heterocycles. The Labute approximate surface area is 138 Å². The monoisotopic (exact) mass is 347 g/mol. The van der Waals surface area contributed by atoms with Gasteiger partial charge in [-0.15, -0.1) is 0 Å². The average molecular weight is 347 g/mol. The van der Waals surface area contributed by atoms with E-state index < -0.39 is 61.1 Å². The predicted molar refractivity (Wildman–Crippen MR) is 76.2 cm³/mol. The van der Waals surface area contributed by atoms with E-state index in [1.165, 1.54) is 6.92 Å². The molecule has 1 unspecified atom stereocenters. The molecule has 10 heteroatoms. The molecule has 10 nitrogen and oxygen atoms in total. The van der Waals surface area contributed by atoms with Gasteiger partial charge in [0.1, 0.15) is 12.1 Å². The lowest BCUT2D eigenvalue weighted by atomic mass is 9.96. The van der Waals surface area contributed by atoms with E-state index in [2.05, 4.69) is 5.32 Å². The number of rotatable bonds is 5. The molecule has 136 valence electrons. The van der Waals surface area contributed by atoms with Gasteiger partial charge in [-0.05, 0) is 0 Å². The van der Waals surface area contributed by atoms with Crippen LogP contribution in [0, 0.1) is 0 Å². The molecule has 0 aliphatic carbocycles. The van der Waals surface area contributed by atoms with Crippen molar-refractivity contribution in [1.29, 1.82) is 0 Å². The number of aliphatic hydroxyl groups is 1. The van der Waals surface area contributed by atoms with Gasteiger partial charge in [0, 0.05) is 27.7 Å². The molecule has 0 saturated carbocycles. The van der Waals surface area contributed by atoms with E-state index >= 15 is 0 Å². The molecule has 5 atom stereocenters. The number of ether oxygens (including phenoxy) is 4. The summed E-state index contributed by atoms with van der Waals surface area (Å²) in [5, 5.41) is 11.9. The van der Waals surface area contributed by atoms with Crippen LogP contribution in [0.1, 0.15) is 27.7 Å². The van der Waals surface area contributed by atoms with Crippen LogP contribution in [0.2, 0.25) is 0 Å². The van der Waals surface area contributed by atoms with Crippen molar-refractivity contribution in [1.82, 2.24) is 5.32 Å². The highest BCUT2D eigenvalue weighted by Crippen LogP contribution is 2.27. The van der Waals surface area contributed by atoms with Gasteiger partial charge in [-0.1, -0.05) is 0 Å². The molecule has 2 N–H and O–H groups in total. The Hall–Kier alpha value is -2.20. The molecule has 0 aromatic heterocycles. The van der Waals surface area contributed by atoms with Crippen molar-refractivity contribution in [2.45, 2.75) is 58.3 Å². The van der Waals surface area contributed by atoms with E-state index in [-0.39, 0.29) is 0 Å². The summed E-state index contributed by atoms with van der Waals surface area (Å²) in [6, 6.07) is -1.12. The van der Waals surface area contributed by atoms with Crippen molar-refractivity contribution in [3.8, 4) is 0 Å². The molecule has 1 aliphatic rings. The third kappa shape index (κ3) is 5.46. The molecular formula is C14H21NO9. The number of aliphatic hydroxyl groups excluding tert-OH is 1. The predicted octanol–water partition coefficient (Wildman–Crippen LogP) is -1.37. The van der Waals surface area contributed by atoms with Crippen LogP contribution in [0.15, 0.2) is 0 Å². The maximum atomic E-state index is 11.4. The van der Waals surface area contributed by atoms with Crippen LogP contribution in [-0.4, -0.2) is 66.2 Å². The number of nitrogens with one attached hydrogen (secondary N) is 1. The zero-order chi connectivity index (χ0) is 18.4. The SMILES string of the molecule is CC(=O)N[C@H]1C(OC(C)=O)O[C@H](CO)[C@@H](OC(C)=O)[C@@H]1OC(C)=O. The summed E-state index contributed by atoms with van der Waals surface area (Å²) in [6.07, 6.45) is -4.86. The molecule has 0 spiro atoms. The maximum absolute atomic E-state index is 11.4. The molecule has 0 aromatic carbocycles. The van der Waals surface area contributed by atoms with Crippen LogP contribution in [0.5, 0.6) is 0 Å². The zero-order valence-corrected chi connectivity index (χ0v) is 13.8. The molecule has 1 amide bonds. The normalized spacial score (nSPS) is 29.3. The molecule has 0 radical (unpaired) electrons. The van der Waals surface area contributed by atoms with Crippen LogP contribution < -0.4 is 5.32 Å². The zero-order valence-electron chi connectivity index (χ0n) is 13.8. The minimum absolute atomic E-state index is 0.512. The fourth-order valence-electron chi connectivity index (χ4n) is 2.37. The van der Waals surface area contributed by atoms with Crippen LogP contribution in [-0.2, 0) is 38.1 Å². The lowest BCUT2D eigenvalue weighted by molar-refractivity contribution is -0.269. The van der Waals surface area contributed by atoms with Crippen molar-refractivity contribution in [2.24, 2.45) is 0 Å². The van der Waals surface area contributed by atoms with Crippen LogP contribution >= 0.6 is 0 Å². The first-order valence-electron chi connectivity index (χ1n) is 7.20. The highest BCUT2D eigenvalue weighted by atomic mass is 16.7. The summed E-state index contributed by atoms with van der Waals surface area (Å²) in [7, 11) is 0. The summed E-state index contributed by atoms with van der Waals surface area (Å²) < 4.78 is 20.6. The van der Waals surface area contributed by atoms with E-state index in [1.54, 1.807) is 0 Å². The third-order valence-corrected chi connectivity index (χ3v) is 3.08. The Kier molecular flexibility index (Phi) is 7.11. The van der Waals surface area contributed by atoms with Crippen LogP contribution in [0.4, 0.5) is 0 Å². The topological polar surface area (TPSA) is 137 Å². The lowest BCUT2D eigenvalue weighted by Crippen LogP contribution is -2.66. The Morgan fingerprint density at radius 1 is 0.917 bits per heavy atom. The molecule has 0 aromatic rings. The molecule has 0 bridgehead atoms. The number of carbonyl (C=O) groups is 4. The fraction of sp³-hybridized carbons (Fsp3) is 0.714. The van der Waals surface area contributed by atoms with Crippen molar-refractivity contribution >= 4 is 23.8 Å². The number of esters is 3. The van der Waals surface area contributed by atoms with Gasteiger partial charge < -0.3 is 29.4 Å². The summed E-state index contributed by atoms with van der Waals surface area (Å²) >= 11 is 0. The minimum atomic E-state index is -1.33. The smallest absolute Gasteiger partial charge is 0.305 e. The summed E-state index contributed by atoms with van der Waals surface area (Å²) in [5.41, 5.74) is 0. The minimum Gasteiger partial charge on any atom is -0.456 e. The quantitative estimate of drug-likeness (QED) is 0.456. The number of hydrogen-bond acceptors (Lipinski definition) is 9. The maximum Gasteiger partial charge on any atom is 0.305 e. The van der Waals surface area contributed by atoms with Gasteiger partial charge in [-0.3, -0.25) is 19.2 Å². The number of hydrogen-bond donors (Lipinski definition) is 2. The Bertz CT molecular complexity index is 506. The second-order valence-electron chi connectivity index (χ2n) is 5.21. The van der Waals surface area contributed by atoms with Gasteiger partial charge in [0.2, 0.25) is 12.2 Å². The molecular weight excluding hydrogens is 326 g/mol. The van der Waals surface area contributed by atoms with Gasteiger partial charge in [-0.2, -0.15) is 0 Å². The van der Waals surface area contributed by atoms with Crippen molar-refractivity contribution in [2.75, 3.05) is 6.61 Å². The summed E-state index contributed by atoms with van der Waals surface area (Å²) in [6.45, 7) is 3.99. The lowest BCUT2D eigenvalue weighted by Gasteiger charge is -2.44. The molecule has 24 heavy (non-hydrogen) atoms. The first kappa shape index (κ1) is 19.8. The summed E-state index contributed by atoms with van der Waals surface area (Å²) in [5.74, 6) is -2.64. The van der Waals surface area contributed by atoms with Crippen molar-refractivity contribution < 1.29 is 43.2 Å². The second-order valence-corrected chi connectivity index (χ2v) is 5.21. The van der Waals surface area contributed by atoms with Gasteiger partial charge in [-0.25, -0.2) is 0 Å². The van der Waals surface area contributed by atoms with E-state index in [0.29, 0.717) is 0 Å². The largest absolute Gasteiger partial charge is 0.456 e. The van der Waals surface area contributed by atoms with E-state index in [4.69, 9.17) is 18.9 Å². The first-order valence-corrected chi connectivity index (χ1v) is 7.20. The van der Waals surface area contributed by atoms with Crippen LogP contribution in [0.3, 0.4) is 0 Å². The van der Waals surface area contributed by atoms with Gasteiger partial charge in [0.25, 0.3) is 0 Å². The average Bonchev–Trinajstić information content (AvgIpc) is 2.42. The Balaban J connectivity index is 3.23. The highest BCUT2D eigenvalue weighted by Gasteiger charge is 2.51. The first-order chi connectivity index (χ1) is 11.1. The van der Waals surface area contributed by atoms with Gasteiger partial charge in [0.05, 0.1) is 6.61 Å². The Morgan fingerprint density at radius 3 is 1.83 bits per heavy atom. The number of carbonyl (C=O) groups excluding carboxylic acids is 4. The third-order valence-electron chi connectivity index (χ3n) is 3.08. The van der Waals surface area contributed by atoms with E-state index in [0.717, 1.165) is 20.8 Å². The van der Waals surface area contributed by atoms with Gasteiger partial charge in [0.15, 0.2) is 12.2 Å². The molecule has 1 saturated heterocycles. The molecule has 1 rings (SSSR count). The second kappa shape index (κ2) is 8.60. The van der Waals surface area contributed by atoms with Crippen LogP contribution in [0.25, 0.3) is 0 Å². The van der Waals surface area contributed by atoms with E-state index in [1.807, 2.05) is 0 Å². The van der Waals surface area contributed by atoms with Gasteiger partial charge >= 0.3 is 17.9 Å². The molecule has 1 heterocycles. The summed E-state index contributed by atoms with van der Waals surface area (Å²) in [4.78, 5) is 45.4. The standard InChI is InChI=1S/C14H21NO9/c1-6(17)15-11-13(22-8(3)19)12(21-7(2)18)10(5-16)24-14(11)23-9(4)20/h10-14,16H,5H2,1-4H3,(H,15,17)/t10-,11-,12-,13-,14?/m1/s1. The molecule has 1 fully saturated rings. The van der Waals surface area contributed by atoms with E-state index in [9.17, 15) is 24.3 Å². The fourth-order valence-corrected chi connectivity index (χ4v) is 2.37. The Morgan fingerprint density at radius 2 is 1.42 bits per heavy atom. The van der Waals surface area contributed by atoms with Crippen molar-refractivity contribution in [3.63, 3.8) is 0 Å². The highest BCUT2D eigenvalue weighted by molar-refractivity contribution is 5.74. The number of amides is 1.